The fraction of sp³-hybridized carbons (Fsp3) is 0.857. The van der Waals surface area contributed by atoms with E-state index in [4.69, 9.17) is 11.3 Å². The van der Waals surface area contributed by atoms with E-state index in [1.54, 1.807) is 4.90 Å². The molecule has 1 aliphatic heterocycles. The van der Waals surface area contributed by atoms with Crippen LogP contribution in [0.1, 0.15) is 47.5 Å². The number of carbonyl (C=O) groups excluding carboxylic acids is 1. The van der Waals surface area contributed by atoms with Crippen molar-refractivity contribution in [3.63, 3.8) is 0 Å². The van der Waals surface area contributed by atoms with Crippen LogP contribution in [0.2, 0.25) is 0 Å². The van der Waals surface area contributed by atoms with E-state index in [0.717, 1.165) is 12.8 Å². The summed E-state index contributed by atoms with van der Waals surface area (Å²) in [5.74, 6) is 0. The summed E-state index contributed by atoms with van der Waals surface area (Å²) in [6, 6.07) is 0.00498. The number of ether oxygens (including phenoxy) is 1. The Kier molecular flexibility index (Phi) is 4.26. The molecule has 1 rings (SSSR count). The van der Waals surface area contributed by atoms with E-state index in [2.05, 4.69) is 18.7 Å². The van der Waals surface area contributed by atoms with Gasteiger partial charge in [-0.3, -0.25) is 4.90 Å². The molecule has 1 heterocycles. The second-order valence-corrected chi connectivity index (χ2v) is 6.81. The first-order chi connectivity index (χ1) is 8.14. The van der Waals surface area contributed by atoms with Crippen molar-refractivity contribution in [2.24, 2.45) is 5.41 Å². The molecule has 0 aromatic rings. The number of amides is 1. The first-order valence-electron chi connectivity index (χ1n) is 6.47. The van der Waals surface area contributed by atoms with Crippen LogP contribution >= 0.6 is 0 Å². The minimum Gasteiger partial charge on any atom is -0.444 e. The summed E-state index contributed by atoms with van der Waals surface area (Å²) in [6.45, 7) is 17.9. The van der Waals surface area contributed by atoms with Crippen LogP contribution in [-0.4, -0.2) is 35.7 Å². The third kappa shape index (κ3) is 4.21. The number of hydrogen-bond acceptors (Lipinski definition) is 2. The molecular weight excluding hydrogens is 228 g/mol. The molecule has 18 heavy (non-hydrogen) atoms. The van der Waals surface area contributed by atoms with Gasteiger partial charge in [-0.1, -0.05) is 13.8 Å². The minimum absolute atomic E-state index is 0.00498. The number of piperidine rings is 1. The Labute approximate surface area is 110 Å². The van der Waals surface area contributed by atoms with Crippen LogP contribution in [0.4, 0.5) is 4.79 Å². The average molecular weight is 252 g/mol. The highest BCUT2D eigenvalue weighted by atomic mass is 16.6. The Morgan fingerprint density at radius 2 is 2.11 bits per heavy atom. The molecule has 1 fully saturated rings. The molecule has 0 aromatic carbocycles. The Hall–Kier alpha value is -1.24. The number of rotatable bonds is 1. The van der Waals surface area contributed by atoms with Gasteiger partial charge in [-0.25, -0.2) is 11.4 Å². The van der Waals surface area contributed by atoms with Gasteiger partial charge in [0.25, 0.3) is 0 Å². The molecule has 4 heteroatoms. The van der Waals surface area contributed by atoms with Gasteiger partial charge < -0.3 is 9.58 Å². The van der Waals surface area contributed by atoms with Crippen molar-refractivity contribution in [2.75, 3.05) is 13.1 Å². The lowest BCUT2D eigenvalue weighted by atomic mass is 9.81. The zero-order valence-electron chi connectivity index (χ0n) is 12.1. The smallest absolute Gasteiger partial charge is 0.410 e. The van der Waals surface area contributed by atoms with Gasteiger partial charge in [-0.15, -0.1) is 0 Å². The van der Waals surface area contributed by atoms with Crippen LogP contribution in [0.25, 0.3) is 4.85 Å². The fourth-order valence-electron chi connectivity index (χ4n) is 2.21. The summed E-state index contributed by atoms with van der Waals surface area (Å²) in [6.07, 6.45) is 1.64. The maximum Gasteiger partial charge on any atom is 0.410 e. The Balaban J connectivity index is 2.79. The van der Waals surface area contributed by atoms with Gasteiger partial charge in [0.2, 0.25) is 6.54 Å². The van der Waals surface area contributed by atoms with Gasteiger partial charge in [-0.2, -0.15) is 0 Å². The van der Waals surface area contributed by atoms with E-state index in [1.165, 1.54) is 0 Å². The number of likely N-dealkylation sites (tertiary alicyclic amines) is 1. The van der Waals surface area contributed by atoms with E-state index in [0.29, 0.717) is 13.1 Å². The molecular formula is C14H24N2O2. The quantitative estimate of drug-likeness (QED) is 0.671. The predicted molar refractivity (Wildman–Crippen MR) is 71.2 cm³/mol. The highest BCUT2D eigenvalue weighted by Crippen LogP contribution is 2.33. The van der Waals surface area contributed by atoms with E-state index in [1.807, 2.05) is 20.8 Å². The van der Waals surface area contributed by atoms with Crippen LogP contribution in [-0.2, 0) is 4.74 Å². The van der Waals surface area contributed by atoms with E-state index < -0.39 is 5.60 Å². The molecule has 1 saturated heterocycles. The lowest BCUT2D eigenvalue weighted by molar-refractivity contribution is -0.00485. The number of carbonyl (C=O) groups is 1. The predicted octanol–water partition coefficient (Wildman–Crippen LogP) is 3.33. The van der Waals surface area contributed by atoms with Gasteiger partial charge >= 0.3 is 6.09 Å². The van der Waals surface area contributed by atoms with E-state index in [-0.39, 0.29) is 17.6 Å². The monoisotopic (exact) mass is 252 g/mol. The lowest BCUT2D eigenvalue weighted by Gasteiger charge is -2.42. The summed E-state index contributed by atoms with van der Waals surface area (Å²) in [7, 11) is 0. The second-order valence-electron chi connectivity index (χ2n) is 6.81. The van der Waals surface area contributed by atoms with Gasteiger partial charge in [-0.05, 0) is 39.0 Å². The number of nitrogens with zero attached hydrogens (tertiary/aromatic N) is 2. The van der Waals surface area contributed by atoms with Gasteiger partial charge in [0.05, 0.1) is 0 Å². The van der Waals surface area contributed by atoms with E-state index in [9.17, 15) is 4.79 Å². The molecule has 0 radical (unpaired) electrons. The maximum absolute atomic E-state index is 12.2. The third-order valence-electron chi connectivity index (χ3n) is 3.12. The van der Waals surface area contributed by atoms with Crippen molar-refractivity contribution in [1.29, 1.82) is 0 Å². The molecule has 1 aliphatic rings. The molecule has 4 nitrogen and oxygen atoms in total. The summed E-state index contributed by atoms with van der Waals surface area (Å²) in [4.78, 5) is 17.4. The van der Waals surface area contributed by atoms with Gasteiger partial charge in [0, 0.05) is 6.54 Å². The topological polar surface area (TPSA) is 33.9 Å². The van der Waals surface area contributed by atoms with Crippen molar-refractivity contribution in [3.05, 3.63) is 11.4 Å². The molecule has 0 aromatic heterocycles. The Morgan fingerprint density at radius 3 is 2.61 bits per heavy atom. The SMILES string of the molecule is [C-]#[N+]CC1CCC(C)(C)CN1C(=O)OC(C)(C)C. The summed E-state index contributed by atoms with van der Waals surface area (Å²) in [5.41, 5.74) is -0.378. The maximum atomic E-state index is 12.2. The third-order valence-corrected chi connectivity index (χ3v) is 3.12. The summed E-state index contributed by atoms with van der Waals surface area (Å²) >= 11 is 0. The van der Waals surface area contributed by atoms with Crippen molar-refractivity contribution in [1.82, 2.24) is 4.90 Å². The highest BCUT2D eigenvalue weighted by Gasteiger charge is 2.38. The molecule has 0 N–H and O–H groups in total. The normalized spacial score (nSPS) is 23.3. The molecule has 102 valence electrons. The van der Waals surface area contributed by atoms with Crippen LogP contribution in [0.15, 0.2) is 0 Å². The molecule has 1 unspecified atom stereocenters. The van der Waals surface area contributed by atoms with Crippen LogP contribution < -0.4 is 0 Å². The molecule has 1 amide bonds. The van der Waals surface area contributed by atoms with Crippen molar-refractivity contribution < 1.29 is 9.53 Å². The van der Waals surface area contributed by atoms with Crippen molar-refractivity contribution in [2.45, 2.75) is 59.1 Å². The van der Waals surface area contributed by atoms with Gasteiger partial charge in [0.1, 0.15) is 11.6 Å². The zero-order valence-corrected chi connectivity index (χ0v) is 12.1. The molecule has 0 saturated carbocycles. The Morgan fingerprint density at radius 1 is 1.50 bits per heavy atom. The van der Waals surface area contributed by atoms with Crippen molar-refractivity contribution >= 4 is 6.09 Å². The zero-order chi connectivity index (χ0) is 14.0. The second kappa shape index (κ2) is 5.17. The van der Waals surface area contributed by atoms with Crippen LogP contribution in [0.3, 0.4) is 0 Å². The molecule has 0 bridgehead atoms. The highest BCUT2D eigenvalue weighted by molar-refractivity contribution is 5.69. The van der Waals surface area contributed by atoms with Crippen LogP contribution in [0, 0.1) is 12.0 Å². The standard InChI is InChI=1S/C14H24N2O2/c1-13(2,3)18-12(17)16-10-14(4,5)8-7-11(16)9-15-6/h11H,7-10H2,1-5H3. The number of hydrogen-bond donors (Lipinski definition) is 0. The summed E-state index contributed by atoms with van der Waals surface area (Å²) < 4.78 is 5.43. The molecule has 0 aliphatic carbocycles. The van der Waals surface area contributed by atoms with Gasteiger partial charge in [0.15, 0.2) is 0 Å². The summed E-state index contributed by atoms with van der Waals surface area (Å²) in [5, 5.41) is 0. The fourth-order valence-corrected chi connectivity index (χ4v) is 2.21. The molecule has 1 atom stereocenters. The minimum atomic E-state index is -0.485. The van der Waals surface area contributed by atoms with Crippen LogP contribution in [0.5, 0.6) is 0 Å². The first kappa shape index (κ1) is 14.8. The average Bonchev–Trinajstić information content (AvgIpc) is 2.18. The van der Waals surface area contributed by atoms with E-state index >= 15 is 0 Å². The lowest BCUT2D eigenvalue weighted by Crippen LogP contribution is -2.52. The first-order valence-corrected chi connectivity index (χ1v) is 6.47. The molecule has 0 spiro atoms. The largest absolute Gasteiger partial charge is 0.444 e. The van der Waals surface area contributed by atoms with Crippen molar-refractivity contribution in [3.8, 4) is 0 Å². The Bertz CT molecular complexity index is 350.